The Labute approximate surface area is 265 Å². The van der Waals surface area contributed by atoms with Crippen LogP contribution in [0.1, 0.15) is 121 Å². The molecule has 4 rings (SSSR count). The first-order valence-electron chi connectivity index (χ1n) is 15.9. The van der Waals surface area contributed by atoms with E-state index in [0.29, 0.717) is 31.3 Å². The van der Waals surface area contributed by atoms with Crippen LogP contribution in [0.4, 0.5) is 17.6 Å². The molecule has 3 heterocycles. The van der Waals surface area contributed by atoms with Gasteiger partial charge in [-0.25, -0.2) is 27.5 Å². The summed E-state index contributed by atoms with van der Waals surface area (Å²) in [7, 11) is 0. The Bertz CT molecular complexity index is 1360. The van der Waals surface area contributed by atoms with Gasteiger partial charge in [-0.1, -0.05) is 13.5 Å². The van der Waals surface area contributed by atoms with Gasteiger partial charge in [0.05, 0.1) is 0 Å². The Balaban J connectivity index is 0.000000307. The highest BCUT2D eigenvalue weighted by atomic mass is 19.3. The SMILES string of the molecule is C.CC(=O)CCC(F)(F)CCCCc1ccc2c(n1)CCCC2.CC(=O)CCC(F)(F)CCCCc1ccc2cccnc2n1. The maximum atomic E-state index is 13.6. The molecule has 0 aliphatic heterocycles. The number of ketones is 2. The van der Waals surface area contributed by atoms with Gasteiger partial charge in [0, 0.05) is 67.2 Å². The van der Waals surface area contributed by atoms with Gasteiger partial charge in [-0.3, -0.25) is 4.98 Å². The lowest BCUT2D eigenvalue weighted by atomic mass is 9.95. The molecule has 0 spiro atoms. The summed E-state index contributed by atoms with van der Waals surface area (Å²) in [5.41, 5.74) is 5.14. The van der Waals surface area contributed by atoms with E-state index in [2.05, 4.69) is 21.0 Å². The quantitative estimate of drug-likeness (QED) is 0.116. The minimum atomic E-state index is -2.75. The summed E-state index contributed by atoms with van der Waals surface area (Å²) in [6.07, 6.45) is 8.94. The van der Waals surface area contributed by atoms with Gasteiger partial charge in [0.25, 0.3) is 0 Å². The van der Waals surface area contributed by atoms with Crippen molar-refractivity contribution in [3.63, 3.8) is 0 Å². The van der Waals surface area contributed by atoms with Gasteiger partial charge in [0.2, 0.25) is 11.8 Å². The smallest absolute Gasteiger partial charge is 0.248 e. The number of nitrogens with zero attached hydrogens (tertiary/aromatic N) is 3. The first-order valence-corrected chi connectivity index (χ1v) is 15.9. The zero-order valence-corrected chi connectivity index (χ0v) is 26.0. The number of aromatic nitrogens is 3. The Morgan fingerprint density at radius 1 is 0.711 bits per heavy atom. The number of aryl methyl sites for hydroxylation is 4. The maximum Gasteiger partial charge on any atom is 0.248 e. The third-order valence-corrected chi connectivity index (χ3v) is 7.89. The minimum Gasteiger partial charge on any atom is -0.300 e. The second-order valence-corrected chi connectivity index (χ2v) is 12.0. The Hall–Kier alpha value is -3.23. The van der Waals surface area contributed by atoms with Crippen LogP contribution in [0.2, 0.25) is 0 Å². The van der Waals surface area contributed by atoms with Crippen LogP contribution in [0.3, 0.4) is 0 Å². The van der Waals surface area contributed by atoms with Crippen LogP contribution in [0.5, 0.6) is 0 Å². The normalized spacial score (nSPS) is 12.9. The number of carbonyl (C=O) groups excluding carboxylic acids is 2. The Morgan fingerprint density at radius 3 is 1.87 bits per heavy atom. The molecule has 0 radical (unpaired) electrons. The fourth-order valence-electron chi connectivity index (χ4n) is 5.25. The first kappa shape index (κ1) is 38.0. The van der Waals surface area contributed by atoms with Crippen molar-refractivity contribution in [1.29, 1.82) is 0 Å². The van der Waals surface area contributed by atoms with E-state index < -0.39 is 11.8 Å². The van der Waals surface area contributed by atoms with E-state index in [4.69, 9.17) is 0 Å². The van der Waals surface area contributed by atoms with Gasteiger partial charge in [-0.2, -0.15) is 0 Å². The standard InChI is InChI=1S/C18H25F2NO.C17H20F2N2O.CH4/c1-14(22)11-13-18(19,20)12-5-4-7-16-10-9-15-6-2-3-8-17(15)21-16;1-13(22)9-11-17(18,19)10-3-2-6-15-8-7-14-5-4-12-20-16(14)21-15;/h9-10H,2-8,11-13H2,1H3;4-5,7-8,12H,2-3,6,9-11H2,1H3;1H4. The molecule has 0 N–H and O–H groups in total. The number of rotatable bonds is 16. The summed E-state index contributed by atoms with van der Waals surface area (Å²) in [5, 5.41) is 0.974. The van der Waals surface area contributed by atoms with E-state index in [-0.39, 0.29) is 57.5 Å². The zero-order valence-electron chi connectivity index (χ0n) is 26.0. The van der Waals surface area contributed by atoms with Crippen molar-refractivity contribution in [3.8, 4) is 0 Å². The third-order valence-electron chi connectivity index (χ3n) is 7.89. The highest BCUT2D eigenvalue weighted by Gasteiger charge is 2.29. The van der Waals surface area contributed by atoms with Crippen LogP contribution in [0.25, 0.3) is 11.0 Å². The topological polar surface area (TPSA) is 72.8 Å². The van der Waals surface area contributed by atoms with E-state index in [1.54, 1.807) is 6.20 Å². The largest absolute Gasteiger partial charge is 0.300 e. The second kappa shape index (κ2) is 18.7. The number of Topliss-reactive ketones (excluding diaryl/α,β-unsaturated/α-hetero) is 2. The summed E-state index contributed by atoms with van der Waals surface area (Å²) in [6, 6.07) is 11.8. The van der Waals surface area contributed by atoms with Crippen LogP contribution in [-0.4, -0.2) is 38.4 Å². The van der Waals surface area contributed by atoms with E-state index in [1.165, 1.54) is 37.9 Å². The van der Waals surface area contributed by atoms with Crippen molar-refractivity contribution in [2.24, 2.45) is 0 Å². The summed E-state index contributed by atoms with van der Waals surface area (Å²) in [6.45, 7) is 2.70. The van der Waals surface area contributed by atoms with E-state index in [9.17, 15) is 27.2 Å². The lowest BCUT2D eigenvalue weighted by Crippen LogP contribution is -2.17. The summed E-state index contributed by atoms with van der Waals surface area (Å²) >= 11 is 0. The first-order chi connectivity index (χ1) is 20.9. The highest BCUT2D eigenvalue weighted by Crippen LogP contribution is 2.28. The van der Waals surface area contributed by atoms with Crippen LogP contribution in [0.15, 0.2) is 42.6 Å². The third kappa shape index (κ3) is 14.6. The molecular formula is C36H49F4N3O2. The van der Waals surface area contributed by atoms with Gasteiger partial charge >= 0.3 is 0 Å². The van der Waals surface area contributed by atoms with Gasteiger partial charge in [0.15, 0.2) is 5.65 Å². The molecule has 0 amide bonds. The molecule has 5 nitrogen and oxygen atoms in total. The predicted molar refractivity (Wildman–Crippen MR) is 172 cm³/mol. The molecule has 0 saturated heterocycles. The Kier molecular flexibility index (Phi) is 15.7. The van der Waals surface area contributed by atoms with Crippen molar-refractivity contribution < 1.29 is 27.2 Å². The van der Waals surface area contributed by atoms with E-state index >= 15 is 0 Å². The van der Waals surface area contributed by atoms with Crippen LogP contribution < -0.4 is 0 Å². The molecular weight excluding hydrogens is 582 g/mol. The number of alkyl halides is 4. The monoisotopic (exact) mass is 631 g/mol. The van der Waals surface area contributed by atoms with Crippen molar-refractivity contribution in [3.05, 3.63) is 65.2 Å². The number of halogens is 4. The molecule has 1 aliphatic carbocycles. The number of unbranched alkanes of at least 4 members (excludes halogenated alkanes) is 2. The molecule has 0 fully saturated rings. The molecule has 0 unspecified atom stereocenters. The van der Waals surface area contributed by atoms with Crippen molar-refractivity contribution in [2.75, 3.05) is 0 Å². The number of carbonyl (C=O) groups is 2. The van der Waals surface area contributed by atoms with Crippen LogP contribution in [0, 0.1) is 0 Å². The number of pyridine rings is 3. The number of fused-ring (bicyclic) bond motifs is 2. The summed E-state index contributed by atoms with van der Waals surface area (Å²) in [5.74, 6) is -5.82. The second-order valence-electron chi connectivity index (χ2n) is 12.0. The van der Waals surface area contributed by atoms with Crippen LogP contribution in [-0.2, 0) is 35.3 Å². The fraction of sp³-hybridized carbons (Fsp3) is 0.583. The summed E-state index contributed by atoms with van der Waals surface area (Å²) < 4.78 is 54.2. The van der Waals surface area contributed by atoms with E-state index in [0.717, 1.165) is 42.5 Å². The highest BCUT2D eigenvalue weighted by molar-refractivity contribution is 5.76. The molecule has 0 saturated carbocycles. The van der Waals surface area contributed by atoms with Crippen LogP contribution >= 0.6 is 0 Å². The van der Waals surface area contributed by atoms with Gasteiger partial charge in [-0.15, -0.1) is 0 Å². The Morgan fingerprint density at radius 2 is 1.27 bits per heavy atom. The average molecular weight is 632 g/mol. The molecule has 248 valence electrons. The number of hydrogen-bond donors (Lipinski definition) is 0. The lowest BCUT2D eigenvalue weighted by molar-refractivity contribution is -0.119. The van der Waals surface area contributed by atoms with E-state index in [1.807, 2.05) is 30.3 Å². The predicted octanol–water partition coefficient (Wildman–Crippen LogP) is 9.66. The molecule has 3 aromatic heterocycles. The molecule has 9 heteroatoms. The summed E-state index contributed by atoms with van der Waals surface area (Å²) in [4.78, 5) is 34.8. The van der Waals surface area contributed by atoms with Crippen molar-refractivity contribution in [1.82, 2.24) is 15.0 Å². The maximum absolute atomic E-state index is 13.6. The molecule has 1 aliphatic rings. The molecule has 45 heavy (non-hydrogen) atoms. The fourth-order valence-corrected chi connectivity index (χ4v) is 5.25. The van der Waals surface area contributed by atoms with Gasteiger partial charge in [0.1, 0.15) is 11.6 Å². The average Bonchev–Trinajstić information content (AvgIpc) is 3.00. The molecule has 0 aromatic carbocycles. The van der Waals surface area contributed by atoms with Gasteiger partial charge < -0.3 is 9.59 Å². The zero-order chi connectivity index (χ0) is 32.0. The molecule has 0 atom stereocenters. The van der Waals surface area contributed by atoms with Gasteiger partial charge in [-0.05, 0) is 114 Å². The molecule has 0 bridgehead atoms. The lowest BCUT2D eigenvalue weighted by Gasteiger charge is -2.16. The minimum absolute atomic E-state index is 0. The molecule has 3 aromatic rings. The van der Waals surface area contributed by atoms with Crippen molar-refractivity contribution in [2.45, 2.75) is 136 Å². The number of hydrogen-bond acceptors (Lipinski definition) is 5. The van der Waals surface area contributed by atoms with Crippen molar-refractivity contribution >= 4 is 22.6 Å².